The summed E-state index contributed by atoms with van der Waals surface area (Å²) < 4.78 is 28.2. The maximum absolute atomic E-state index is 12.7. The minimum Gasteiger partial charge on any atom is -0.320 e. The van der Waals surface area contributed by atoms with Crippen molar-refractivity contribution in [2.24, 2.45) is 0 Å². The number of hydrogen-bond donors (Lipinski definition) is 1. The van der Waals surface area contributed by atoms with E-state index in [9.17, 15) is 18.0 Å². The summed E-state index contributed by atoms with van der Waals surface area (Å²) in [5, 5.41) is 7.39. The number of nitrogens with one attached hydrogen (secondary N) is 1. The average molecular weight is 473 g/mol. The lowest BCUT2D eigenvalue weighted by molar-refractivity contribution is 0.101. The van der Waals surface area contributed by atoms with Crippen LogP contribution >= 0.6 is 11.6 Å². The Morgan fingerprint density at radius 2 is 1.66 bits per heavy atom. The van der Waals surface area contributed by atoms with E-state index < -0.39 is 21.4 Å². The van der Waals surface area contributed by atoms with Gasteiger partial charge in [0.1, 0.15) is 0 Å². The van der Waals surface area contributed by atoms with Gasteiger partial charge in [0.2, 0.25) is 15.5 Å². The molecule has 1 aromatic heterocycles. The van der Waals surface area contributed by atoms with E-state index in [2.05, 4.69) is 10.4 Å². The van der Waals surface area contributed by atoms with Crippen LogP contribution in [0.15, 0.2) is 64.3 Å². The Hall–Kier alpha value is -3.01. The van der Waals surface area contributed by atoms with Gasteiger partial charge in [0.05, 0.1) is 10.6 Å². The highest BCUT2D eigenvalue weighted by atomic mass is 35.5. The van der Waals surface area contributed by atoms with Gasteiger partial charge in [-0.2, -0.15) is 9.40 Å². The van der Waals surface area contributed by atoms with Crippen molar-refractivity contribution in [1.29, 1.82) is 0 Å². The molecule has 1 fully saturated rings. The summed E-state index contributed by atoms with van der Waals surface area (Å²) in [4.78, 5) is 25.3. The van der Waals surface area contributed by atoms with Gasteiger partial charge in [-0.1, -0.05) is 11.6 Å². The maximum atomic E-state index is 12.7. The van der Waals surface area contributed by atoms with Gasteiger partial charge in [0.15, 0.2) is 5.69 Å². The fourth-order valence-electron chi connectivity index (χ4n) is 3.53. The summed E-state index contributed by atoms with van der Waals surface area (Å²) in [5.74, 6) is -0.687. The predicted octanol–water partition coefficient (Wildman–Crippen LogP) is 3.23. The van der Waals surface area contributed by atoms with Crippen molar-refractivity contribution in [2.75, 3.05) is 18.4 Å². The zero-order valence-electron chi connectivity index (χ0n) is 17.3. The van der Waals surface area contributed by atoms with Crippen molar-refractivity contribution >= 4 is 33.2 Å². The Labute approximate surface area is 190 Å². The van der Waals surface area contributed by atoms with Crippen molar-refractivity contribution < 1.29 is 13.2 Å². The second kappa shape index (κ2) is 8.85. The quantitative estimate of drug-likeness (QED) is 0.614. The van der Waals surface area contributed by atoms with Gasteiger partial charge in [-0.05, 0) is 68.3 Å². The van der Waals surface area contributed by atoms with Crippen LogP contribution in [0.3, 0.4) is 0 Å². The number of benzene rings is 2. The monoisotopic (exact) mass is 472 g/mol. The molecule has 0 saturated carbocycles. The van der Waals surface area contributed by atoms with Crippen LogP contribution in [0.2, 0.25) is 5.02 Å². The molecule has 2 heterocycles. The third kappa shape index (κ3) is 4.45. The average Bonchev–Trinajstić information content (AvgIpc) is 3.31. The molecule has 1 aliphatic rings. The van der Waals surface area contributed by atoms with Gasteiger partial charge >= 0.3 is 0 Å². The molecule has 4 rings (SSSR count). The summed E-state index contributed by atoms with van der Waals surface area (Å²) in [7, 11) is -3.54. The highest BCUT2D eigenvalue weighted by Crippen LogP contribution is 2.22. The molecule has 3 aromatic rings. The van der Waals surface area contributed by atoms with Crippen molar-refractivity contribution in [1.82, 2.24) is 14.1 Å². The molecule has 0 atom stereocenters. The van der Waals surface area contributed by atoms with Gasteiger partial charge in [-0.15, -0.1) is 0 Å². The van der Waals surface area contributed by atoms with Crippen LogP contribution < -0.4 is 10.7 Å². The van der Waals surface area contributed by atoms with Gasteiger partial charge in [0, 0.05) is 35.6 Å². The lowest BCUT2D eigenvalue weighted by atomic mass is 10.2. The molecule has 32 heavy (non-hydrogen) atoms. The molecule has 166 valence electrons. The third-order valence-electron chi connectivity index (χ3n) is 5.21. The molecule has 0 radical (unpaired) electrons. The number of anilines is 1. The Kier molecular flexibility index (Phi) is 6.14. The van der Waals surface area contributed by atoms with E-state index in [4.69, 9.17) is 11.6 Å². The minimum absolute atomic E-state index is 0.163. The number of aromatic nitrogens is 2. The number of carbonyl (C=O) groups excluding carboxylic acids is 1. The highest BCUT2D eigenvalue weighted by molar-refractivity contribution is 7.89. The summed E-state index contributed by atoms with van der Waals surface area (Å²) in [6, 6.07) is 14.0. The van der Waals surface area contributed by atoms with E-state index >= 15 is 0 Å². The van der Waals surface area contributed by atoms with E-state index in [0.717, 1.165) is 12.8 Å². The largest absolute Gasteiger partial charge is 0.320 e. The second-order valence-corrected chi connectivity index (χ2v) is 9.85. The Morgan fingerprint density at radius 3 is 2.28 bits per heavy atom. The van der Waals surface area contributed by atoms with Gasteiger partial charge in [-0.25, -0.2) is 13.1 Å². The molecule has 1 amide bonds. The van der Waals surface area contributed by atoms with E-state index in [1.807, 2.05) is 0 Å². The first-order valence-electron chi connectivity index (χ1n) is 10.0. The van der Waals surface area contributed by atoms with E-state index in [1.54, 1.807) is 31.2 Å². The second-order valence-electron chi connectivity index (χ2n) is 7.48. The molecular formula is C22H21ClN4O4S. The number of aryl methyl sites for hydroxylation is 1. The van der Waals surface area contributed by atoms with E-state index in [-0.39, 0.29) is 10.6 Å². The number of amides is 1. The fraction of sp³-hybridized carbons (Fsp3) is 0.227. The number of halogens is 1. The molecule has 0 aliphatic carbocycles. The number of carbonyl (C=O) groups is 1. The van der Waals surface area contributed by atoms with Gasteiger partial charge < -0.3 is 5.32 Å². The molecule has 1 aliphatic heterocycles. The standard InChI is InChI=1S/C22H21ClN4O4S/c1-15-14-20(28)21(25-27(15)18-8-4-16(23)5-9-18)22(29)24-17-6-10-19(11-7-17)32(30,31)26-12-2-3-13-26/h4-11,14H,2-3,12-13H2,1H3,(H,24,29). The molecule has 0 spiro atoms. The van der Waals surface area contributed by atoms with Crippen LogP contribution in [-0.4, -0.2) is 41.5 Å². The van der Waals surface area contributed by atoms with Crippen LogP contribution in [-0.2, 0) is 10.0 Å². The predicted molar refractivity (Wildman–Crippen MR) is 122 cm³/mol. The van der Waals surface area contributed by atoms with Crippen molar-refractivity contribution in [3.05, 3.63) is 81.2 Å². The van der Waals surface area contributed by atoms with Crippen LogP contribution in [0.4, 0.5) is 5.69 Å². The Morgan fingerprint density at radius 1 is 1.03 bits per heavy atom. The van der Waals surface area contributed by atoms with Crippen molar-refractivity contribution in [3.8, 4) is 5.69 Å². The summed E-state index contributed by atoms with van der Waals surface area (Å²) >= 11 is 5.93. The van der Waals surface area contributed by atoms with Crippen LogP contribution in [0.1, 0.15) is 29.0 Å². The van der Waals surface area contributed by atoms with Crippen LogP contribution in [0.25, 0.3) is 5.69 Å². The fourth-order valence-corrected chi connectivity index (χ4v) is 5.17. The Balaban J connectivity index is 1.57. The van der Waals surface area contributed by atoms with E-state index in [1.165, 1.54) is 39.3 Å². The first kappa shape index (κ1) is 22.2. The molecule has 0 bridgehead atoms. The summed E-state index contributed by atoms with van der Waals surface area (Å²) in [6.07, 6.45) is 1.70. The summed E-state index contributed by atoms with van der Waals surface area (Å²) in [5.41, 5.74) is 0.774. The smallest absolute Gasteiger partial charge is 0.280 e. The molecule has 2 aromatic carbocycles. The molecular weight excluding hydrogens is 452 g/mol. The molecule has 8 nitrogen and oxygen atoms in total. The zero-order valence-corrected chi connectivity index (χ0v) is 18.9. The first-order chi connectivity index (χ1) is 15.3. The Bertz CT molecular complexity index is 1310. The lowest BCUT2D eigenvalue weighted by Gasteiger charge is -2.15. The summed E-state index contributed by atoms with van der Waals surface area (Å²) in [6.45, 7) is 2.74. The topological polar surface area (TPSA) is 101 Å². The van der Waals surface area contributed by atoms with E-state index in [0.29, 0.717) is 35.2 Å². The van der Waals surface area contributed by atoms with Crippen molar-refractivity contribution in [2.45, 2.75) is 24.7 Å². The first-order valence-corrected chi connectivity index (χ1v) is 11.9. The number of sulfonamides is 1. The molecule has 1 saturated heterocycles. The number of nitrogens with zero attached hydrogens (tertiary/aromatic N) is 3. The molecule has 10 heteroatoms. The number of rotatable bonds is 5. The third-order valence-corrected chi connectivity index (χ3v) is 7.37. The van der Waals surface area contributed by atoms with Crippen LogP contribution in [0.5, 0.6) is 0 Å². The van der Waals surface area contributed by atoms with Gasteiger partial charge in [0.25, 0.3) is 5.91 Å². The SMILES string of the molecule is Cc1cc(=O)c(C(=O)Nc2ccc(S(=O)(=O)N3CCCC3)cc2)nn1-c1ccc(Cl)cc1. The highest BCUT2D eigenvalue weighted by Gasteiger charge is 2.27. The van der Waals surface area contributed by atoms with Crippen molar-refractivity contribution in [3.63, 3.8) is 0 Å². The lowest BCUT2D eigenvalue weighted by Crippen LogP contribution is -2.28. The minimum atomic E-state index is -3.54. The normalized spacial score (nSPS) is 14.4. The molecule has 1 N–H and O–H groups in total. The van der Waals surface area contributed by atoms with Gasteiger partial charge in [-0.3, -0.25) is 9.59 Å². The van der Waals surface area contributed by atoms with Crippen LogP contribution in [0, 0.1) is 6.92 Å². The molecule has 0 unspecified atom stereocenters. The maximum Gasteiger partial charge on any atom is 0.280 e. The number of hydrogen-bond acceptors (Lipinski definition) is 5. The zero-order chi connectivity index (χ0) is 22.9.